The van der Waals surface area contributed by atoms with Crippen molar-refractivity contribution in [2.75, 3.05) is 5.73 Å². The zero-order valence-corrected chi connectivity index (χ0v) is 13.6. The van der Waals surface area contributed by atoms with Crippen LogP contribution in [0.25, 0.3) is 33.4 Å². The predicted octanol–water partition coefficient (Wildman–Crippen LogP) is 3.98. The highest BCUT2D eigenvalue weighted by molar-refractivity contribution is 5.84. The first-order chi connectivity index (χ1) is 12.7. The van der Waals surface area contributed by atoms with E-state index in [0.717, 1.165) is 10.9 Å². The maximum atomic E-state index is 12.4. The molecule has 5 nitrogen and oxygen atoms in total. The van der Waals surface area contributed by atoms with Crippen LogP contribution in [-0.2, 0) is 0 Å². The summed E-state index contributed by atoms with van der Waals surface area (Å²) in [6.45, 7) is 0. The molecule has 2 N–H and O–H groups in total. The lowest BCUT2D eigenvalue weighted by Crippen LogP contribution is -2.06. The van der Waals surface area contributed by atoms with Crippen molar-refractivity contribution in [3.05, 3.63) is 82.7 Å². The monoisotopic (exact) mass is 339 g/mol. The van der Waals surface area contributed by atoms with Crippen LogP contribution in [0, 0.1) is 11.3 Å². The smallest absolute Gasteiger partial charge is 0.345 e. The van der Waals surface area contributed by atoms with Crippen molar-refractivity contribution < 1.29 is 4.42 Å². The molecule has 0 unspecified atom stereocenters. The summed E-state index contributed by atoms with van der Waals surface area (Å²) in [5, 5.41) is 10.3. The zero-order chi connectivity index (χ0) is 18.1. The van der Waals surface area contributed by atoms with E-state index in [9.17, 15) is 10.1 Å². The largest absolute Gasteiger partial charge is 0.422 e. The molecule has 0 saturated carbocycles. The van der Waals surface area contributed by atoms with Crippen LogP contribution in [0.1, 0.15) is 5.56 Å². The molecule has 0 bridgehead atoms. The first kappa shape index (κ1) is 15.6. The number of pyridine rings is 1. The molecular weight excluding hydrogens is 326 g/mol. The van der Waals surface area contributed by atoms with Crippen molar-refractivity contribution >= 4 is 16.8 Å². The fourth-order valence-corrected chi connectivity index (χ4v) is 2.91. The Hall–Kier alpha value is -3.91. The molecule has 0 spiro atoms. The minimum Gasteiger partial charge on any atom is -0.422 e. The third kappa shape index (κ3) is 2.60. The number of rotatable bonds is 2. The summed E-state index contributed by atoms with van der Waals surface area (Å²) in [6.07, 6.45) is 0. The Balaban J connectivity index is 1.99. The number of para-hydroxylation sites is 1. The summed E-state index contributed by atoms with van der Waals surface area (Å²) in [4.78, 5) is 16.7. The quantitative estimate of drug-likeness (QED) is 0.558. The number of nitrogens with two attached hydrogens (primary N) is 1. The van der Waals surface area contributed by atoms with Crippen LogP contribution in [0.5, 0.6) is 0 Å². The number of hydrogen-bond donors (Lipinski definition) is 1. The Morgan fingerprint density at radius 1 is 0.962 bits per heavy atom. The molecule has 0 aliphatic rings. The number of nitrogens with zero attached hydrogens (tertiary/aromatic N) is 2. The molecule has 0 fully saturated rings. The maximum Gasteiger partial charge on any atom is 0.345 e. The molecule has 2 aromatic heterocycles. The fourth-order valence-electron chi connectivity index (χ4n) is 2.91. The molecule has 2 aromatic carbocycles. The number of nitrogen functional groups attached to an aromatic ring is 1. The van der Waals surface area contributed by atoms with Crippen molar-refractivity contribution in [3.63, 3.8) is 0 Å². The van der Waals surface area contributed by atoms with Gasteiger partial charge in [0.25, 0.3) is 0 Å². The van der Waals surface area contributed by atoms with Gasteiger partial charge < -0.3 is 10.2 Å². The summed E-state index contributed by atoms with van der Waals surface area (Å²) < 4.78 is 5.39. The summed E-state index contributed by atoms with van der Waals surface area (Å²) in [5.74, 6) is 0.0800. The molecule has 0 atom stereocenters. The third-order valence-corrected chi connectivity index (χ3v) is 4.16. The van der Waals surface area contributed by atoms with Crippen LogP contribution in [0.3, 0.4) is 0 Å². The minimum absolute atomic E-state index is 0.0800. The van der Waals surface area contributed by atoms with E-state index in [-0.39, 0.29) is 11.4 Å². The second-order valence-corrected chi connectivity index (χ2v) is 5.78. The van der Waals surface area contributed by atoms with E-state index in [1.165, 1.54) is 0 Å². The van der Waals surface area contributed by atoms with Crippen molar-refractivity contribution in [3.8, 4) is 28.5 Å². The topological polar surface area (TPSA) is 92.9 Å². The Morgan fingerprint density at radius 3 is 2.46 bits per heavy atom. The van der Waals surface area contributed by atoms with Gasteiger partial charge in [-0.3, -0.25) is 0 Å². The molecule has 5 heteroatoms. The van der Waals surface area contributed by atoms with Crippen LogP contribution in [0.15, 0.2) is 75.9 Å². The van der Waals surface area contributed by atoms with Gasteiger partial charge in [-0.25, -0.2) is 9.78 Å². The van der Waals surface area contributed by atoms with Gasteiger partial charge in [0, 0.05) is 10.9 Å². The molecule has 124 valence electrons. The van der Waals surface area contributed by atoms with Crippen molar-refractivity contribution in [1.82, 2.24) is 4.98 Å². The molecule has 0 amide bonds. The predicted molar refractivity (Wildman–Crippen MR) is 100 cm³/mol. The number of aromatic nitrogens is 1. The standard InChI is InChI=1S/C21H13N3O2/c22-12-17-15(13-6-2-1-3-7-13)11-18(24-20(17)23)16-10-14-8-4-5-9-19(14)26-21(16)25/h1-11H,(H2,23,24). The molecule has 0 radical (unpaired) electrons. The number of nitriles is 1. The van der Waals surface area contributed by atoms with Gasteiger partial charge in [-0.2, -0.15) is 5.26 Å². The fraction of sp³-hybridized carbons (Fsp3) is 0. The summed E-state index contributed by atoms with van der Waals surface area (Å²) >= 11 is 0. The van der Waals surface area contributed by atoms with Gasteiger partial charge in [0.05, 0.1) is 11.3 Å². The van der Waals surface area contributed by atoms with Gasteiger partial charge >= 0.3 is 5.63 Å². The summed E-state index contributed by atoms with van der Waals surface area (Å²) in [5.41, 5.74) is 8.42. The molecule has 26 heavy (non-hydrogen) atoms. The van der Waals surface area contributed by atoms with Gasteiger partial charge in [-0.05, 0) is 23.8 Å². The number of hydrogen-bond acceptors (Lipinski definition) is 5. The lowest BCUT2D eigenvalue weighted by Gasteiger charge is -2.10. The zero-order valence-electron chi connectivity index (χ0n) is 13.6. The SMILES string of the molecule is N#Cc1c(-c2ccccc2)cc(-c2cc3ccccc3oc2=O)nc1N. The Kier molecular flexibility index (Phi) is 3.71. The molecule has 0 aliphatic heterocycles. The van der Waals surface area contributed by atoms with Gasteiger partial charge in [-0.15, -0.1) is 0 Å². The normalized spacial score (nSPS) is 10.6. The van der Waals surface area contributed by atoms with E-state index >= 15 is 0 Å². The highest BCUT2D eigenvalue weighted by atomic mass is 16.4. The van der Waals surface area contributed by atoms with E-state index in [1.807, 2.05) is 42.5 Å². The van der Waals surface area contributed by atoms with E-state index in [2.05, 4.69) is 11.1 Å². The maximum absolute atomic E-state index is 12.4. The lowest BCUT2D eigenvalue weighted by atomic mass is 9.98. The van der Waals surface area contributed by atoms with Crippen LogP contribution < -0.4 is 11.4 Å². The first-order valence-electron chi connectivity index (χ1n) is 7.96. The van der Waals surface area contributed by atoms with Gasteiger partial charge in [0.1, 0.15) is 23.0 Å². The first-order valence-corrected chi connectivity index (χ1v) is 7.96. The van der Waals surface area contributed by atoms with Crippen molar-refractivity contribution in [2.24, 2.45) is 0 Å². The molecule has 0 aliphatic carbocycles. The highest BCUT2D eigenvalue weighted by Crippen LogP contribution is 2.30. The number of anilines is 1. The summed E-state index contributed by atoms with van der Waals surface area (Å²) in [7, 11) is 0. The Labute approximate surface area is 149 Å². The average molecular weight is 339 g/mol. The summed E-state index contributed by atoms with van der Waals surface area (Å²) in [6, 6.07) is 22.2. The molecular formula is C21H13N3O2. The van der Waals surface area contributed by atoms with E-state index < -0.39 is 5.63 Å². The number of fused-ring (bicyclic) bond motifs is 1. The van der Waals surface area contributed by atoms with E-state index in [0.29, 0.717) is 22.4 Å². The molecule has 4 aromatic rings. The highest BCUT2D eigenvalue weighted by Gasteiger charge is 2.16. The third-order valence-electron chi connectivity index (χ3n) is 4.16. The molecule has 4 rings (SSSR count). The van der Waals surface area contributed by atoms with Gasteiger partial charge in [0.15, 0.2) is 0 Å². The van der Waals surface area contributed by atoms with E-state index in [1.54, 1.807) is 24.3 Å². The van der Waals surface area contributed by atoms with Crippen molar-refractivity contribution in [2.45, 2.75) is 0 Å². The second kappa shape index (κ2) is 6.19. The Morgan fingerprint density at radius 2 is 1.69 bits per heavy atom. The van der Waals surface area contributed by atoms with Gasteiger partial charge in [0.2, 0.25) is 0 Å². The van der Waals surface area contributed by atoms with Crippen LogP contribution in [0.4, 0.5) is 5.82 Å². The van der Waals surface area contributed by atoms with E-state index in [4.69, 9.17) is 10.2 Å². The minimum atomic E-state index is -0.501. The Bertz CT molecular complexity index is 1220. The van der Waals surface area contributed by atoms with Crippen LogP contribution in [0.2, 0.25) is 0 Å². The van der Waals surface area contributed by atoms with Gasteiger partial charge in [-0.1, -0.05) is 48.5 Å². The lowest BCUT2D eigenvalue weighted by molar-refractivity contribution is 0.563. The second-order valence-electron chi connectivity index (χ2n) is 5.78. The average Bonchev–Trinajstić information content (AvgIpc) is 2.67. The molecule has 0 saturated heterocycles. The number of benzene rings is 2. The van der Waals surface area contributed by atoms with Crippen molar-refractivity contribution in [1.29, 1.82) is 5.26 Å². The van der Waals surface area contributed by atoms with Crippen LogP contribution in [-0.4, -0.2) is 4.98 Å². The molecule has 2 heterocycles. The van der Waals surface area contributed by atoms with Crippen LogP contribution >= 0.6 is 0 Å².